The van der Waals surface area contributed by atoms with E-state index in [9.17, 15) is 5.11 Å². The Kier molecular flexibility index (Phi) is 3.62. The molecule has 0 aliphatic heterocycles. The normalized spacial score (nSPS) is 17.2. The molecule has 4 heteroatoms. The summed E-state index contributed by atoms with van der Waals surface area (Å²) in [5, 5.41) is 21.7. The second-order valence-electron chi connectivity index (χ2n) is 4.49. The van der Waals surface area contributed by atoms with Gasteiger partial charge in [-0.3, -0.25) is 0 Å². The number of anilines is 1. The molecule has 0 spiro atoms. The van der Waals surface area contributed by atoms with Crippen LogP contribution in [0.15, 0.2) is 18.2 Å². The Bertz CT molecular complexity index is 435. The monoisotopic (exact) mass is 231 g/mol. The summed E-state index contributed by atoms with van der Waals surface area (Å²) >= 11 is 0. The van der Waals surface area contributed by atoms with Gasteiger partial charge < -0.3 is 16.2 Å². The largest absolute Gasteiger partial charge is 0.398 e. The van der Waals surface area contributed by atoms with Crippen LogP contribution in [0.5, 0.6) is 0 Å². The minimum Gasteiger partial charge on any atom is -0.398 e. The van der Waals surface area contributed by atoms with Gasteiger partial charge in [0, 0.05) is 11.7 Å². The van der Waals surface area contributed by atoms with Crippen molar-refractivity contribution in [3.05, 3.63) is 29.3 Å². The highest BCUT2D eigenvalue weighted by Crippen LogP contribution is 2.24. The zero-order valence-electron chi connectivity index (χ0n) is 9.69. The minimum atomic E-state index is -0.104. The van der Waals surface area contributed by atoms with Gasteiger partial charge in [0.05, 0.1) is 18.2 Å². The molecule has 1 aromatic rings. The molecule has 1 aliphatic rings. The quantitative estimate of drug-likeness (QED) is 0.682. The SMILES string of the molecule is N#Cc1cc(C(CO)NC2CCC2)ccc1N. The van der Waals surface area contributed by atoms with E-state index in [1.54, 1.807) is 12.1 Å². The first-order chi connectivity index (χ1) is 8.24. The predicted octanol–water partition coefficient (Wildman–Crippen LogP) is 1.32. The number of rotatable bonds is 4. The van der Waals surface area contributed by atoms with Crippen LogP contribution in [-0.2, 0) is 0 Å². The highest BCUT2D eigenvalue weighted by Gasteiger charge is 2.21. The molecule has 0 heterocycles. The zero-order chi connectivity index (χ0) is 12.3. The molecule has 1 saturated carbocycles. The van der Waals surface area contributed by atoms with Gasteiger partial charge in [-0.25, -0.2) is 0 Å². The summed E-state index contributed by atoms with van der Waals surface area (Å²) < 4.78 is 0. The second kappa shape index (κ2) is 5.17. The molecule has 90 valence electrons. The number of nitrogen functional groups attached to an aromatic ring is 1. The number of nitriles is 1. The van der Waals surface area contributed by atoms with E-state index in [4.69, 9.17) is 11.0 Å². The molecule has 0 radical (unpaired) electrons. The van der Waals surface area contributed by atoms with Crippen LogP contribution in [0.3, 0.4) is 0 Å². The number of aliphatic hydroxyl groups excluding tert-OH is 1. The number of aliphatic hydroxyl groups is 1. The van der Waals surface area contributed by atoms with E-state index in [0.29, 0.717) is 17.3 Å². The maximum absolute atomic E-state index is 9.40. The van der Waals surface area contributed by atoms with E-state index in [2.05, 4.69) is 11.4 Å². The average Bonchev–Trinajstić information content (AvgIpc) is 2.29. The van der Waals surface area contributed by atoms with Gasteiger partial charge in [-0.2, -0.15) is 5.26 Å². The van der Waals surface area contributed by atoms with E-state index in [1.807, 2.05) is 6.07 Å². The zero-order valence-corrected chi connectivity index (χ0v) is 9.69. The molecule has 17 heavy (non-hydrogen) atoms. The first-order valence-corrected chi connectivity index (χ1v) is 5.91. The molecule has 2 rings (SSSR count). The van der Waals surface area contributed by atoms with Crippen molar-refractivity contribution in [2.75, 3.05) is 12.3 Å². The van der Waals surface area contributed by atoms with Crippen LogP contribution < -0.4 is 11.1 Å². The van der Waals surface area contributed by atoms with Crippen LogP contribution in [-0.4, -0.2) is 17.8 Å². The number of hydrogen-bond acceptors (Lipinski definition) is 4. The third-order valence-electron chi connectivity index (χ3n) is 3.32. The molecule has 0 aromatic heterocycles. The molecule has 1 aliphatic carbocycles. The molecular weight excluding hydrogens is 214 g/mol. The first-order valence-electron chi connectivity index (χ1n) is 5.91. The third-order valence-corrected chi connectivity index (χ3v) is 3.32. The second-order valence-corrected chi connectivity index (χ2v) is 4.49. The smallest absolute Gasteiger partial charge is 0.101 e. The Morgan fingerprint density at radius 1 is 1.53 bits per heavy atom. The van der Waals surface area contributed by atoms with E-state index >= 15 is 0 Å². The number of nitrogens with zero attached hydrogens (tertiary/aromatic N) is 1. The summed E-state index contributed by atoms with van der Waals surface area (Å²) in [6.07, 6.45) is 3.58. The van der Waals surface area contributed by atoms with Gasteiger partial charge in [0.1, 0.15) is 6.07 Å². The highest BCUT2D eigenvalue weighted by atomic mass is 16.3. The average molecular weight is 231 g/mol. The van der Waals surface area contributed by atoms with Gasteiger partial charge in [-0.15, -0.1) is 0 Å². The van der Waals surface area contributed by atoms with Gasteiger partial charge in [0.2, 0.25) is 0 Å². The van der Waals surface area contributed by atoms with Crippen LogP contribution in [0.2, 0.25) is 0 Å². The Morgan fingerprint density at radius 3 is 2.82 bits per heavy atom. The van der Waals surface area contributed by atoms with Crippen molar-refractivity contribution in [3.8, 4) is 6.07 Å². The fourth-order valence-corrected chi connectivity index (χ4v) is 2.00. The summed E-state index contributed by atoms with van der Waals surface area (Å²) in [6, 6.07) is 7.79. The molecule has 1 fully saturated rings. The lowest BCUT2D eigenvalue weighted by Gasteiger charge is -2.31. The summed E-state index contributed by atoms with van der Waals surface area (Å²) in [5.74, 6) is 0. The van der Waals surface area contributed by atoms with Gasteiger partial charge in [-0.1, -0.05) is 12.5 Å². The van der Waals surface area contributed by atoms with Crippen molar-refractivity contribution < 1.29 is 5.11 Å². The Morgan fingerprint density at radius 2 is 2.29 bits per heavy atom. The van der Waals surface area contributed by atoms with Gasteiger partial charge in [0.25, 0.3) is 0 Å². The van der Waals surface area contributed by atoms with E-state index in [0.717, 1.165) is 18.4 Å². The molecular formula is C13H17N3O. The van der Waals surface area contributed by atoms with Crippen LogP contribution in [0.25, 0.3) is 0 Å². The van der Waals surface area contributed by atoms with Crippen molar-refractivity contribution in [1.82, 2.24) is 5.32 Å². The lowest BCUT2D eigenvalue weighted by molar-refractivity contribution is 0.209. The van der Waals surface area contributed by atoms with E-state index < -0.39 is 0 Å². The molecule has 0 amide bonds. The first kappa shape index (κ1) is 11.9. The van der Waals surface area contributed by atoms with Crippen molar-refractivity contribution in [3.63, 3.8) is 0 Å². The Balaban J connectivity index is 2.15. The maximum Gasteiger partial charge on any atom is 0.101 e. The summed E-state index contributed by atoms with van der Waals surface area (Å²) in [7, 11) is 0. The molecule has 1 atom stereocenters. The third kappa shape index (κ3) is 2.57. The number of benzene rings is 1. The van der Waals surface area contributed by atoms with Crippen LogP contribution >= 0.6 is 0 Å². The predicted molar refractivity (Wildman–Crippen MR) is 66.2 cm³/mol. The maximum atomic E-state index is 9.40. The summed E-state index contributed by atoms with van der Waals surface area (Å²) in [4.78, 5) is 0. The standard InChI is InChI=1S/C13H17N3O/c14-7-10-6-9(4-5-12(10)15)13(8-17)16-11-2-1-3-11/h4-6,11,13,16-17H,1-3,8,15H2. The molecule has 0 bridgehead atoms. The summed E-state index contributed by atoms with van der Waals surface area (Å²) in [5.41, 5.74) is 7.55. The molecule has 1 unspecified atom stereocenters. The summed E-state index contributed by atoms with van der Waals surface area (Å²) in [6.45, 7) is 0.0330. The number of nitrogens with one attached hydrogen (secondary N) is 1. The van der Waals surface area contributed by atoms with Crippen molar-refractivity contribution >= 4 is 5.69 Å². The minimum absolute atomic E-state index is 0.0330. The fourth-order valence-electron chi connectivity index (χ4n) is 2.00. The molecule has 0 saturated heterocycles. The van der Waals surface area contributed by atoms with Crippen molar-refractivity contribution in [2.45, 2.75) is 31.3 Å². The lowest BCUT2D eigenvalue weighted by Crippen LogP contribution is -2.39. The highest BCUT2D eigenvalue weighted by molar-refractivity contribution is 5.55. The van der Waals surface area contributed by atoms with E-state index in [-0.39, 0.29) is 12.6 Å². The Hall–Kier alpha value is -1.57. The van der Waals surface area contributed by atoms with E-state index in [1.165, 1.54) is 6.42 Å². The number of hydrogen-bond donors (Lipinski definition) is 3. The fraction of sp³-hybridized carbons (Fsp3) is 0.462. The number of nitrogens with two attached hydrogens (primary N) is 1. The van der Waals surface area contributed by atoms with Crippen LogP contribution in [0, 0.1) is 11.3 Å². The molecule has 4 N–H and O–H groups in total. The molecule has 1 aromatic carbocycles. The van der Waals surface area contributed by atoms with Gasteiger partial charge in [0.15, 0.2) is 0 Å². The molecule has 4 nitrogen and oxygen atoms in total. The van der Waals surface area contributed by atoms with Gasteiger partial charge >= 0.3 is 0 Å². The van der Waals surface area contributed by atoms with Crippen LogP contribution in [0.1, 0.15) is 36.4 Å². The lowest BCUT2D eigenvalue weighted by atomic mass is 9.91. The van der Waals surface area contributed by atoms with Crippen molar-refractivity contribution in [2.24, 2.45) is 0 Å². The van der Waals surface area contributed by atoms with Crippen LogP contribution in [0.4, 0.5) is 5.69 Å². The topological polar surface area (TPSA) is 82.1 Å². The van der Waals surface area contributed by atoms with Gasteiger partial charge in [-0.05, 0) is 30.5 Å². The van der Waals surface area contributed by atoms with Crippen molar-refractivity contribution in [1.29, 1.82) is 5.26 Å². The Labute approximate surface area is 101 Å².